The summed E-state index contributed by atoms with van der Waals surface area (Å²) in [7, 11) is 0. The van der Waals surface area contributed by atoms with E-state index in [1.165, 1.54) is 4.90 Å². The van der Waals surface area contributed by atoms with E-state index in [9.17, 15) is 9.59 Å². The summed E-state index contributed by atoms with van der Waals surface area (Å²) in [6, 6.07) is 16.3. The van der Waals surface area contributed by atoms with Crippen molar-refractivity contribution in [3.05, 3.63) is 70.9 Å². The SMILES string of the molecule is CSc1ccc(C2CC(=O)NC3=C2C(=O)CC(c2ccc(OCC(C)C)cc2)C3)cc1. The van der Waals surface area contributed by atoms with Crippen LogP contribution in [0.25, 0.3) is 0 Å². The molecule has 31 heavy (non-hydrogen) atoms. The van der Waals surface area contributed by atoms with Gasteiger partial charge in [0.25, 0.3) is 0 Å². The number of hydrogen-bond acceptors (Lipinski definition) is 4. The molecule has 4 rings (SSSR count). The van der Waals surface area contributed by atoms with Crippen LogP contribution in [0.3, 0.4) is 0 Å². The van der Waals surface area contributed by atoms with Gasteiger partial charge in [0.1, 0.15) is 5.75 Å². The molecule has 5 heteroatoms. The molecule has 0 saturated carbocycles. The first-order valence-electron chi connectivity index (χ1n) is 10.9. The Hall–Kier alpha value is -2.53. The number of carbonyl (C=O) groups excluding carboxylic acids is 2. The molecule has 0 fully saturated rings. The Bertz CT molecular complexity index is 992. The second-order valence-electron chi connectivity index (χ2n) is 8.77. The largest absolute Gasteiger partial charge is 0.493 e. The predicted molar refractivity (Wildman–Crippen MR) is 125 cm³/mol. The van der Waals surface area contributed by atoms with Gasteiger partial charge in [0.15, 0.2) is 5.78 Å². The van der Waals surface area contributed by atoms with Crippen molar-refractivity contribution < 1.29 is 14.3 Å². The van der Waals surface area contributed by atoms with Gasteiger partial charge < -0.3 is 10.1 Å². The summed E-state index contributed by atoms with van der Waals surface area (Å²) in [6.45, 7) is 4.93. The van der Waals surface area contributed by atoms with Gasteiger partial charge in [0.2, 0.25) is 5.91 Å². The van der Waals surface area contributed by atoms with Crippen molar-refractivity contribution >= 4 is 23.5 Å². The summed E-state index contributed by atoms with van der Waals surface area (Å²) in [5.41, 5.74) is 3.75. The number of amides is 1. The average Bonchev–Trinajstić information content (AvgIpc) is 2.77. The van der Waals surface area contributed by atoms with Crippen molar-refractivity contribution in [2.75, 3.05) is 12.9 Å². The highest BCUT2D eigenvalue weighted by Gasteiger charge is 2.38. The van der Waals surface area contributed by atoms with Crippen molar-refractivity contribution in [3.63, 3.8) is 0 Å². The molecule has 2 unspecified atom stereocenters. The molecule has 2 aromatic carbocycles. The summed E-state index contributed by atoms with van der Waals surface area (Å²) in [5, 5.41) is 3.01. The maximum atomic E-state index is 13.2. The van der Waals surface area contributed by atoms with Crippen molar-refractivity contribution in [2.45, 2.75) is 49.8 Å². The number of ketones is 1. The fourth-order valence-electron chi connectivity index (χ4n) is 4.42. The van der Waals surface area contributed by atoms with E-state index < -0.39 is 0 Å². The van der Waals surface area contributed by atoms with Crippen molar-refractivity contribution in [1.29, 1.82) is 0 Å². The quantitative estimate of drug-likeness (QED) is 0.613. The van der Waals surface area contributed by atoms with Crippen molar-refractivity contribution in [2.24, 2.45) is 5.92 Å². The van der Waals surface area contributed by atoms with Gasteiger partial charge >= 0.3 is 0 Å². The van der Waals surface area contributed by atoms with Crippen LogP contribution < -0.4 is 10.1 Å². The maximum absolute atomic E-state index is 13.2. The number of allylic oxidation sites excluding steroid dienone is 2. The minimum atomic E-state index is -0.153. The third-order valence-corrected chi connectivity index (χ3v) is 6.73. The summed E-state index contributed by atoms with van der Waals surface area (Å²) in [5.74, 6) is 1.37. The number of thioether (sulfide) groups is 1. The summed E-state index contributed by atoms with van der Waals surface area (Å²) >= 11 is 1.68. The number of benzene rings is 2. The van der Waals surface area contributed by atoms with Gasteiger partial charge in [-0.1, -0.05) is 38.1 Å². The second kappa shape index (κ2) is 9.31. The van der Waals surface area contributed by atoms with Crippen LogP contribution in [-0.4, -0.2) is 24.6 Å². The van der Waals surface area contributed by atoms with Gasteiger partial charge in [0.05, 0.1) is 6.61 Å². The van der Waals surface area contributed by atoms with E-state index in [4.69, 9.17) is 4.74 Å². The molecule has 0 aromatic heterocycles. The first kappa shape index (κ1) is 21.7. The topological polar surface area (TPSA) is 55.4 Å². The molecular formula is C26H29NO3S. The molecule has 0 spiro atoms. The Morgan fingerprint density at radius 3 is 2.29 bits per heavy atom. The van der Waals surface area contributed by atoms with E-state index in [-0.39, 0.29) is 23.5 Å². The van der Waals surface area contributed by atoms with Gasteiger partial charge in [-0.3, -0.25) is 9.59 Å². The molecule has 2 aromatic rings. The molecule has 1 aliphatic carbocycles. The summed E-state index contributed by atoms with van der Waals surface area (Å²) in [6.07, 6.45) is 3.52. The predicted octanol–water partition coefficient (Wildman–Crippen LogP) is 5.45. The maximum Gasteiger partial charge on any atom is 0.225 e. The van der Waals surface area contributed by atoms with Crippen molar-refractivity contribution in [1.82, 2.24) is 5.32 Å². The van der Waals surface area contributed by atoms with E-state index >= 15 is 0 Å². The Balaban J connectivity index is 1.56. The fourth-order valence-corrected chi connectivity index (χ4v) is 4.82. The number of nitrogens with one attached hydrogen (secondary N) is 1. The third-order valence-electron chi connectivity index (χ3n) is 5.99. The Morgan fingerprint density at radius 2 is 1.65 bits per heavy atom. The zero-order valence-corrected chi connectivity index (χ0v) is 19.1. The van der Waals surface area contributed by atoms with Crippen LogP contribution in [0.2, 0.25) is 0 Å². The summed E-state index contributed by atoms with van der Waals surface area (Å²) < 4.78 is 5.78. The monoisotopic (exact) mass is 435 g/mol. The van der Waals surface area contributed by atoms with Gasteiger partial charge in [-0.15, -0.1) is 11.8 Å². The van der Waals surface area contributed by atoms with Crippen LogP contribution in [0.15, 0.2) is 64.7 Å². The van der Waals surface area contributed by atoms with E-state index in [1.807, 2.05) is 30.5 Å². The normalized spacial score (nSPS) is 21.2. The zero-order valence-electron chi connectivity index (χ0n) is 18.3. The van der Waals surface area contributed by atoms with Gasteiger partial charge in [-0.05, 0) is 59.9 Å². The van der Waals surface area contributed by atoms with Crippen LogP contribution >= 0.6 is 11.8 Å². The Labute approximate surface area is 188 Å². The molecule has 1 aliphatic heterocycles. The van der Waals surface area contributed by atoms with E-state index in [2.05, 4.69) is 43.4 Å². The van der Waals surface area contributed by atoms with Crippen LogP contribution in [-0.2, 0) is 9.59 Å². The average molecular weight is 436 g/mol. The zero-order chi connectivity index (χ0) is 22.0. The molecule has 4 nitrogen and oxygen atoms in total. The first-order valence-corrected chi connectivity index (χ1v) is 12.1. The number of rotatable bonds is 6. The number of ether oxygens (including phenoxy) is 1. The number of hydrogen-bond donors (Lipinski definition) is 1. The van der Waals surface area contributed by atoms with E-state index in [0.717, 1.165) is 28.1 Å². The van der Waals surface area contributed by atoms with E-state index in [1.54, 1.807) is 11.8 Å². The standard InChI is InChI=1S/C26H29NO3S/c1-16(2)15-30-20-8-4-17(5-9-20)19-12-23-26(24(28)13-19)22(14-25(29)27-23)18-6-10-21(31-3)11-7-18/h4-11,16,19,22H,12-15H2,1-3H3,(H,27,29). The molecular weight excluding hydrogens is 406 g/mol. The molecule has 1 amide bonds. The van der Waals surface area contributed by atoms with E-state index in [0.29, 0.717) is 31.8 Å². The smallest absolute Gasteiger partial charge is 0.225 e. The number of carbonyl (C=O) groups is 2. The van der Waals surface area contributed by atoms with Crippen LogP contribution in [0, 0.1) is 5.92 Å². The molecule has 0 saturated heterocycles. The minimum Gasteiger partial charge on any atom is -0.493 e. The summed E-state index contributed by atoms with van der Waals surface area (Å²) in [4.78, 5) is 26.9. The second-order valence-corrected chi connectivity index (χ2v) is 9.65. The van der Waals surface area contributed by atoms with Crippen LogP contribution in [0.5, 0.6) is 5.75 Å². The molecule has 2 aliphatic rings. The highest BCUT2D eigenvalue weighted by Crippen LogP contribution is 2.42. The van der Waals surface area contributed by atoms with Crippen LogP contribution in [0.4, 0.5) is 0 Å². The Kier molecular flexibility index (Phi) is 6.51. The Morgan fingerprint density at radius 1 is 0.968 bits per heavy atom. The fraction of sp³-hybridized carbons (Fsp3) is 0.385. The lowest BCUT2D eigenvalue weighted by molar-refractivity contribution is -0.122. The molecule has 1 N–H and O–H groups in total. The van der Waals surface area contributed by atoms with Gasteiger partial charge in [0, 0.05) is 34.9 Å². The molecule has 0 bridgehead atoms. The molecule has 2 atom stereocenters. The molecule has 162 valence electrons. The lowest BCUT2D eigenvalue weighted by Gasteiger charge is -2.34. The highest BCUT2D eigenvalue weighted by molar-refractivity contribution is 7.98. The van der Waals surface area contributed by atoms with Gasteiger partial charge in [-0.2, -0.15) is 0 Å². The molecule has 0 radical (unpaired) electrons. The van der Waals surface area contributed by atoms with Gasteiger partial charge in [-0.25, -0.2) is 0 Å². The first-order chi connectivity index (χ1) is 14.9. The minimum absolute atomic E-state index is 0.0106. The van der Waals surface area contributed by atoms with Crippen molar-refractivity contribution in [3.8, 4) is 5.75 Å². The third kappa shape index (κ3) is 4.87. The highest BCUT2D eigenvalue weighted by atomic mass is 32.2. The lowest BCUT2D eigenvalue weighted by atomic mass is 9.73. The lowest BCUT2D eigenvalue weighted by Crippen LogP contribution is -2.38. The number of Topliss-reactive ketones (excluding diaryl/α,β-unsaturated/α-hetero) is 1. The molecule has 1 heterocycles. The van der Waals surface area contributed by atoms with Crippen LogP contribution in [0.1, 0.15) is 56.1 Å².